The maximum absolute atomic E-state index is 12.6. The van der Waals surface area contributed by atoms with Crippen molar-refractivity contribution in [2.75, 3.05) is 11.9 Å². The number of hydrogen-bond donors (Lipinski definition) is 2. The first-order chi connectivity index (χ1) is 11.6. The normalized spacial score (nSPS) is 11.2. The van der Waals surface area contributed by atoms with Crippen LogP contribution in [0.2, 0.25) is 0 Å². The van der Waals surface area contributed by atoms with E-state index in [0.717, 1.165) is 4.57 Å². The summed E-state index contributed by atoms with van der Waals surface area (Å²) in [5, 5.41) is 11.6. The Kier molecular flexibility index (Phi) is 5.01. The van der Waals surface area contributed by atoms with Crippen molar-refractivity contribution in [2.24, 2.45) is 0 Å². The first-order valence-corrected chi connectivity index (χ1v) is 7.69. The van der Waals surface area contributed by atoms with Crippen LogP contribution >= 0.6 is 0 Å². The monoisotopic (exact) mass is 348 g/mol. The maximum atomic E-state index is 12.6. The predicted molar refractivity (Wildman–Crippen MR) is 91.2 cm³/mol. The lowest BCUT2D eigenvalue weighted by Crippen LogP contribution is -2.29. The van der Waals surface area contributed by atoms with E-state index in [4.69, 9.17) is 14.6 Å². The third-order valence-electron chi connectivity index (χ3n) is 3.15. The van der Waals surface area contributed by atoms with Crippen LogP contribution in [0.5, 0.6) is 0 Å². The molecule has 0 bridgehead atoms. The van der Waals surface area contributed by atoms with Crippen LogP contribution in [-0.2, 0) is 9.47 Å². The minimum Gasteiger partial charge on any atom is -0.465 e. The summed E-state index contributed by atoms with van der Waals surface area (Å²) in [6, 6.07) is 6.10. The number of carbonyl (C=O) groups excluding carboxylic acids is 2. The molecule has 0 radical (unpaired) electrons. The van der Waals surface area contributed by atoms with Crippen molar-refractivity contribution >= 4 is 34.7 Å². The first-order valence-electron chi connectivity index (χ1n) is 7.69. The predicted octanol–water partition coefficient (Wildman–Crippen LogP) is 3.69. The second-order valence-corrected chi connectivity index (χ2v) is 6.23. The van der Waals surface area contributed by atoms with Gasteiger partial charge in [0.15, 0.2) is 0 Å². The van der Waals surface area contributed by atoms with Crippen molar-refractivity contribution in [3.63, 3.8) is 0 Å². The second kappa shape index (κ2) is 6.84. The number of nitrogens with one attached hydrogen (secondary N) is 1. The van der Waals surface area contributed by atoms with Crippen molar-refractivity contribution in [2.45, 2.75) is 33.3 Å². The van der Waals surface area contributed by atoms with Gasteiger partial charge in [0, 0.05) is 5.39 Å². The molecule has 1 aromatic heterocycles. The van der Waals surface area contributed by atoms with Gasteiger partial charge in [0.2, 0.25) is 0 Å². The number of ether oxygens (including phenoxy) is 2. The van der Waals surface area contributed by atoms with Crippen molar-refractivity contribution in [1.29, 1.82) is 0 Å². The fraction of sp³-hybridized carbons (Fsp3) is 0.353. The number of carboxylic acid groups (broad SMARTS) is 1. The van der Waals surface area contributed by atoms with Crippen LogP contribution in [0.15, 0.2) is 24.3 Å². The fourth-order valence-electron chi connectivity index (χ4n) is 2.31. The van der Waals surface area contributed by atoms with E-state index in [1.807, 2.05) is 0 Å². The lowest BCUT2D eigenvalue weighted by Gasteiger charge is -2.20. The molecule has 1 aromatic carbocycles. The topological polar surface area (TPSA) is 107 Å². The Morgan fingerprint density at radius 2 is 1.92 bits per heavy atom. The van der Waals surface area contributed by atoms with E-state index in [1.165, 1.54) is 12.1 Å². The van der Waals surface area contributed by atoms with Crippen molar-refractivity contribution in [3.8, 4) is 0 Å². The molecule has 0 aliphatic rings. The average molecular weight is 348 g/mol. The molecule has 2 aromatic rings. The minimum absolute atomic E-state index is 0.0364. The van der Waals surface area contributed by atoms with Crippen LogP contribution in [0.25, 0.3) is 10.9 Å². The number of benzene rings is 1. The van der Waals surface area contributed by atoms with Gasteiger partial charge in [0.05, 0.1) is 17.8 Å². The van der Waals surface area contributed by atoms with Gasteiger partial charge in [-0.15, -0.1) is 0 Å². The van der Waals surface area contributed by atoms with Crippen LogP contribution in [0.3, 0.4) is 0 Å². The largest absolute Gasteiger partial charge is 0.465 e. The Morgan fingerprint density at radius 3 is 2.48 bits per heavy atom. The molecule has 0 unspecified atom stereocenters. The highest BCUT2D eigenvalue weighted by Crippen LogP contribution is 2.28. The highest BCUT2D eigenvalue weighted by molar-refractivity contribution is 6.07. The standard InChI is InChI=1S/C17H20N2O6/c1-5-24-14(20)13-9-10-11(18-15(21)22)7-6-8-12(10)19(13)16(23)25-17(2,3)4/h6-9,18H,5H2,1-4H3,(H,21,22). The Hall–Kier alpha value is -3.03. The molecule has 8 heteroatoms. The summed E-state index contributed by atoms with van der Waals surface area (Å²) in [5.41, 5.74) is -0.219. The molecule has 0 aliphatic carbocycles. The number of anilines is 1. The molecule has 134 valence electrons. The first kappa shape index (κ1) is 18.3. The zero-order valence-corrected chi connectivity index (χ0v) is 14.5. The molecule has 2 rings (SSSR count). The number of hydrogen-bond acceptors (Lipinski definition) is 5. The third kappa shape index (κ3) is 4.09. The minimum atomic E-state index is -1.25. The van der Waals surface area contributed by atoms with Crippen LogP contribution in [0.4, 0.5) is 15.3 Å². The fourth-order valence-corrected chi connectivity index (χ4v) is 2.31. The Balaban J connectivity index is 2.67. The average Bonchev–Trinajstić information content (AvgIpc) is 2.86. The molecule has 8 nitrogen and oxygen atoms in total. The zero-order chi connectivity index (χ0) is 18.8. The molecule has 0 aliphatic heterocycles. The van der Waals surface area contributed by atoms with E-state index in [2.05, 4.69) is 5.32 Å². The number of nitrogens with zero attached hydrogens (tertiary/aromatic N) is 1. The van der Waals surface area contributed by atoms with Crippen molar-refractivity contribution in [3.05, 3.63) is 30.0 Å². The number of aromatic nitrogens is 1. The van der Waals surface area contributed by atoms with E-state index in [9.17, 15) is 14.4 Å². The van der Waals surface area contributed by atoms with Crippen LogP contribution in [-0.4, -0.2) is 40.0 Å². The van der Waals surface area contributed by atoms with Crippen LogP contribution in [0.1, 0.15) is 38.2 Å². The van der Waals surface area contributed by atoms with Gasteiger partial charge in [0.1, 0.15) is 11.3 Å². The molecule has 0 atom stereocenters. The van der Waals surface area contributed by atoms with Gasteiger partial charge in [-0.2, -0.15) is 0 Å². The molecule has 0 saturated carbocycles. The summed E-state index contributed by atoms with van der Waals surface area (Å²) >= 11 is 0. The number of rotatable bonds is 3. The van der Waals surface area contributed by atoms with Crippen molar-refractivity contribution in [1.82, 2.24) is 4.57 Å². The molecular formula is C17H20N2O6. The molecule has 0 spiro atoms. The summed E-state index contributed by atoms with van der Waals surface area (Å²) in [5.74, 6) is -0.703. The lowest BCUT2D eigenvalue weighted by atomic mass is 10.2. The highest BCUT2D eigenvalue weighted by Gasteiger charge is 2.26. The quantitative estimate of drug-likeness (QED) is 0.819. The van der Waals surface area contributed by atoms with Gasteiger partial charge in [-0.3, -0.25) is 5.32 Å². The van der Waals surface area contributed by atoms with Gasteiger partial charge in [0.25, 0.3) is 0 Å². The summed E-state index contributed by atoms with van der Waals surface area (Å²) in [6.07, 6.45) is -2.01. The molecule has 0 saturated heterocycles. The molecule has 25 heavy (non-hydrogen) atoms. The molecular weight excluding hydrogens is 328 g/mol. The lowest BCUT2D eigenvalue weighted by molar-refractivity contribution is 0.0454. The van der Waals surface area contributed by atoms with Crippen molar-refractivity contribution < 1.29 is 29.0 Å². The number of fused-ring (bicyclic) bond motifs is 1. The smallest absolute Gasteiger partial charge is 0.419 e. The molecule has 1 heterocycles. The highest BCUT2D eigenvalue weighted by atomic mass is 16.6. The molecule has 0 fully saturated rings. The van der Waals surface area contributed by atoms with Gasteiger partial charge >= 0.3 is 18.2 Å². The van der Waals surface area contributed by atoms with Gasteiger partial charge < -0.3 is 14.6 Å². The Bertz CT molecular complexity index is 832. The Morgan fingerprint density at radius 1 is 1.24 bits per heavy atom. The molecule has 2 N–H and O–H groups in total. The van der Waals surface area contributed by atoms with Crippen LogP contribution < -0.4 is 5.32 Å². The van der Waals surface area contributed by atoms with E-state index in [-0.39, 0.29) is 18.0 Å². The zero-order valence-electron chi connectivity index (χ0n) is 14.5. The second-order valence-electron chi connectivity index (χ2n) is 6.23. The van der Waals surface area contributed by atoms with Gasteiger partial charge in [-0.25, -0.2) is 19.0 Å². The Labute approximate surface area is 144 Å². The summed E-state index contributed by atoms with van der Waals surface area (Å²) < 4.78 is 11.4. The maximum Gasteiger partial charge on any atom is 0.419 e. The number of amides is 1. The van der Waals surface area contributed by atoms with Crippen LogP contribution in [0, 0.1) is 0 Å². The van der Waals surface area contributed by atoms with E-state index >= 15 is 0 Å². The van der Waals surface area contributed by atoms with Gasteiger partial charge in [-0.1, -0.05) is 6.07 Å². The number of carbonyl (C=O) groups is 3. The van der Waals surface area contributed by atoms with Gasteiger partial charge in [-0.05, 0) is 45.9 Å². The third-order valence-corrected chi connectivity index (χ3v) is 3.15. The summed E-state index contributed by atoms with van der Waals surface area (Å²) in [6.45, 7) is 6.90. The SMILES string of the molecule is CCOC(=O)c1cc2c(NC(=O)O)cccc2n1C(=O)OC(C)(C)C. The van der Waals surface area contributed by atoms with E-state index in [1.54, 1.807) is 39.8 Å². The molecule has 1 amide bonds. The number of esters is 1. The van der Waals surface area contributed by atoms with E-state index in [0.29, 0.717) is 10.9 Å². The van der Waals surface area contributed by atoms with E-state index < -0.39 is 23.8 Å². The summed E-state index contributed by atoms with van der Waals surface area (Å²) in [4.78, 5) is 35.8. The summed E-state index contributed by atoms with van der Waals surface area (Å²) in [7, 11) is 0.